The molecule has 0 aliphatic heterocycles. The van der Waals surface area contributed by atoms with Crippen LogP contribution in [0.5, 0.6) is 0 Å². The Morgan fingerprint density at radius 2 is 1.07 bits per heavy atom. The van der Waals surface area contributed by atoms with E-state index in [0.29, 0.717) is 6.42 Å². The fourth-order valence-electron chi connectivity index (χ4n) is 4.98. The molecule has 0 unspecified atom stereocenters. The van der Waals surface area contributed by atoms with E-state index in [1.54, 1.807) is 6.08 Å². The van der Waals surface area contributed by atoms with Crippen molar-refractivity contribution in [1.82, 2.24) is 5.32 Å². The van der Waals surface area contributed by atoms with Gasteiger partial charge >= 0.3 is 7.82 Å². The van der Waals surface area contributed by atoms with Gasteiger partial charge in [-0.15, -0.1) is 0 Å². The van der Waals surface area contributed by atoms with Gasteiger partial charge in [-0.25, -0.2) is 4.57 Å². The Bertz CT molecular complexity index is 708. The molecule has 0 saturated carbocycles. The Morgan fingerprint density at radius 3 is 1.52 bits per heavy atom. The molecule has 0 spiro atoms. The summed E-state index contributed by atoms with van der Waals surface area (Å²) in [6.45, 7) is 4.02. The lowest BCUT2D eigenvalue weighted by Crippen LogP contribution is -2.45. The molecule has 0 aromatic carbocycles. The van der Waals surface area contributed by atoms with Crippen molar-refractivity contribution in [3.8, 4) is 0 Å². The SMILES string of the molecule is CCCCCCCC/C=C\CCCCCCCC(=O)N[C@@H](COP(=O)(O)O)[C@H](O)/C=C/CCCCCCCCCCC. The number of allylic oxidation sites excluding steroid dienone is 3. The van der Waals surface area contributed by atoms with Crippen LogP contribution in [0.15, 0.2) is 24.3 Å². The fraction of sp³-hybridized carbons (Fsp3) is 0.853. The van der Waals surface area contributed by atoms with Gasteiger partial charge in [0.25, 0.3) is 0 Å². The van der Waals surface area contributed by atoms with Gasteiger partial charge in [-0.3, -0.25) is 9.32 Å². The zero-order valence-electron chi connectivity index (χ0n) is 27.2. The summed E-state index contributed by atoms with van der Waals surface area (Å²) in [6.07, 6.45) is 34.8. The van der Waals surface area contributed by atoms with E-state index in [1.165, 1.54) is 96.3 Å². The summed E-state index contributed by atoms with van der Waals surface area (Å²) in [5.74, 6) is -0.238. The molecule has 4 N–H and O–H groups in total. The van der Waals surface area contributed by atoms with Crippen LogP contribution in [0.25, 0.3) is 0 Å². The lowest BCUT2D eigenvalue weighted by Gasteiger charge is -2.22. The van der Waals surface area contributed by atoms with Crippen molar-refractivity contribution >= 4 is 13.7 Å². The fourth-order valence-corrected chi connectivity index (χ4v) is 5.34. The maximum atomic E-state index is 12.5. The van der Waals surface area contributed by atoms with Crippen LogP contribution in [0.2, 0.25) is 0 Å². The summed E-state index contributed by atoms with van der Waals surface area (Å²) in [4.78, 5) is 30.6. The largest absolute Gasteiger partial charge is 0.469 e. The lowest BCUT2D eigenvalue weighted by molar-refractivity contribution is -0.123. The summed E-state index contributed by atoms with van der Waals surface area (Å²) in [7, 11) is -4.70. The molecule has 248 valence electrons. The maximum Gasteiger partial charge on any atom is 0.469 e. The van der Waals surface area contributed by atoms with E-state index in [1.807, 2.05) is 6.08 Å². The molecule has 0 fully saturated rings. The summed E-state index contributed by atoms with van der Waals surface area (Å²) < 4.78 is 15.8. The van der Waals surface area contributed by atoms with Gasteiger partial charge in [-0.05, 0) is 44.9 Å². The van der Waals surface area contributed by atoms with Crippen LogP contribution >= 0.6 is 7.82 Å². The Morgan fingerprint density at radius 1 is 0.667 bits per heavy atom. The van der Waals surface area contributed by atoms with Crippen LogP contribution in [0.1, 0.15) is 168 Å². The second-order valence-electron chi connectivity index (χ2n) is 11.8. The molecule has 0 aliphatic carbocycles. The molecule has 0 aromatic rings. The molecular weight excluding hydrogens is 549 g/mol. The molecule has 0 rings (SSSR count). The second kappa shape index (κ2) is 30.1. The van der Waals surface area contributed by atoms with Gasteiger partial charge in [0.15, 0.2) is 0 Å². The number of nitrogens with one attached hydrogen (secondary N) is 1. The number of amides is 1. The van der Waals surface area contributed by atoms with Crippen LogP contribution in [0.3, 0.4) is 0 Å². The van der Waals surface area contributed by atoms with Gasteiger partial charge in [0.2, 0.25) is 5.91 Å². The average molecular weight is 616 g/mol. The number of hydrogen-bond donors (Lipinski definition) is 4. The third kappa shape index (κ3) is 30.5. The minimum absolute atomic E-state index is 0.238. The van der Waals surface area contributed by atoms with Crippen molar-refractivity contribution in [2.75, 3.05) is 6.61 Å². The summed E-state index contributed by atoms with van der Waals surface area (Å²) >= 11 is 0. The predicted molar refractivity (Wildman–Crippen MR) is 176 cm³/mol. The van der Waals surface area contributed by atoms with E-state index in [-0.39, 0.29) is 5.91 Å². The van der Waals surface area contributed by atoms with E-state index in [0.717, 1.165) is 51.4 Å². The number of aliphatic hydroxyl groups is 1. The smallest absolute Gasteiger partial charge is 0.387 e. The van der Waals surface area contributed by atoms with Crippen LogP contribution in [0.4, 0.5) is 0 Å². The maximum absolute atomic E-state index is 12.5. The highest BCUT2D eigenvalue weighted by Gasteiger charge is 2.24. The minimum atomic E-state index is -4.70. The summed E-state index contributed by atoms with van der Waals surface area (Å²) in [5, 5.41) is 13.3. The molecular formula is C34H66NO6P. The van der Waals surface area contributed by atoms with Crippen molar-refractivity contribution in [3.63, 3.8) is 0 Å². The van der Waals surface area contributed by atoms with Gasteiger partial charge in [0.05, 0.1) is 18.8 Å². The predicted octanol–water partition coefficient (Wildman–Crippen LogP) is 9.46. The van der Waals surface area contributed by atoms with E-state index in [4.69, 9.17) is 9.79 Å². The third-order valence-electron chi connectivity index (χ3n) is 7.65. The minimum Gasteiger partial charge on any atom is -0.387 e. The summed E-state index contributed by atoms with van der Waals surface area (Å²) in [5.41, 5.74) is 0. The van der Waals surface area contributed by atoms with Crippen molar-refractivity contribution in [3.05, 3.63) is 24.3 Å². The molecule has 2 atom stereocenters. The Kier molecular flexibility index (Phi) is 29.4. The first kappa shape index (κ1) is 41.0. The first-order chi connectivity index (χ1) is 20.3. The van der Waals surface area contributed by atoms with Gasteiger partial charge in [0, 0.05) is 6.42 Å². The molecule has 7 nitrogen and oxygen atoms in total. The highest BCUT2D eigenvalue weighted by Crippen LogP contribution is 2.35. The number of phosphoric ester groups is 1. The van der Waals surface area contributed by atoms with Gasteiger partial charge in [-0.1, -0.05) is 141 Å². The molecule has 0 heterocycles. The molecule has 1 amide bonds. The quantitative estimate of drug-likeness (QED) is 0.0351. The van der Waals surface area contributed by atoms with E-state index in [2.05, 4.69) is 35.8 Å². The van der Waals surface area contributed by atoms with Crippen molar-refractivity contribution in [1.29, 1.82) is 0 Å². The number of phosphoric acid groups is 1. The standard InChI is InChI=1S/C34H66NO6P/c1-3-5-7-9-11-13-15-16-17-18-20-22-24-26-28-30-34(37)35-32(31-41-42(38,39)40)33(36)29-27-25-23-21-19-14-12-10-8-6-4-2/h16-17,27,29,32-33,36H,3-15,18-26,28,30-31H2,1-2H3,(H,35,37)(H2,38,39,40)/b17-16-,29-27+/t32-,33+/m0/s1. The number of rotatable bonds is 31. The topological polar surface area (TPSA) is 116 Å². The van der Waals surface area contributed by atoms with Gasteiger partial charge < -0.3 is 20.2 Å². The number of aliphatic hydroxyl groups excluding tert-OH is 1. The number of carbonyl (C=O) groups is 1. The van der Waals surface area contributed by atoms with Crippen molar-refractivity contribution in [2.45, 2.75) is 180 Å². The highest BCUT2D eigenvalue weighted by molar-refractivity contribution is 7.46. The summed E-state index contributed by atoms with van der Waals surface area (Å²) in [6, 6.07) is -0.910. The molecule has 0 aromatic heterocycles. The molecule has 0 saturated heterocycles. The normalized spacial score (nSPS) is 13.7. The van der Waals surface area contributed by atoms with Gasteiger partial charge in [0.1, 0.15) is 0 Å². The zero-order valence-corrected chi connectivity index (χ0v) is 28.0. The molecule has 8 heteroatoms. The van der Waals surface area contributed by atoms with Crippen LogP contribution < -0.4 is 5.32 Å². The lowest BCUT2D eigenvalue weighted by atomic mass is 10.1. The van der Waals surface area contributed by atoms with E-state index >= 15 is 0 Å². The van der Waals surface area contributed by atoms with Gasteiger partial charge in [-0.2, -0.15) is 0 Å². The van der Waals surface area contributed by atoms with E-state index < -0.39 is 26.6 Å². The molecule has 42 heavy (non-hydrogen) atoms. The zero-order chi connectivity index (χ0) is 31.2. The molecule has 0 radical (unpaired) electrons. The number of carbonyl (C=O) groups excluding carboxylic acids is 1. The first-order valence-corrected chi connectivity index (χ1v) is 18.8. The third-order valence-corrected chi connectivity index (χ3v) is 8.14. The molecule has 0 aliphatic rings. The van der Waals surface area contributed by atoms with Crippen LogP contribution in [0, 0.1) is 0 Å². The Labute approximate surface area is 258 Å². The second-order valence-corrected chi connectivity index (χ2v) is 13.1. The van der Waals surface area contributed by atoms with Crippen LogP contribution in [-0.2, 0) is 13.9 Å². The molecule has 0 bridgehead atoms. The Hall–Kier alpha value is -0.980. The monoisotopic (exact) mass is 615 g/mol. The van der Waals surface area contributed by atoms with Crippen molar-refractivity contribution in [2.24, 2.45) is 0 Å². The Balaban J connectivity index is 4.09. The number of hydrogen-bond acceptors (Lipinski definition) is 4. The average Bonchev–Trinajstić information content (AvgIpc) is 2.95. The first-order valence-electron chi connectivity index (χ1n) is 17.3. The van der Waals surface area contributed by atoms with Crippen molar-refractivity contribution < 1.29 is 28.8 Å². The highest BCUT2D eigenvalue weighted by atomic mass is 31.2. The number of unbranched alkanes of at least 4 members (excludes halogenated alkanes) is 20. The van der Waals surface area contributed by atoms with E-state index in [9.17, 15) is 14.5 Å². The van der Waals surface area contributed by atoms with Crippen LogP contribution in [-0.4, -0.2) is 39.6 Å².